The summed E-state index contributed by atoms with van der Waals surface area (Å²) in [5.41, 5.74) is 2.49. The van der Waals surface area contributed by atoms with Gasteiger partial charge in [0.25, 0.3) is 5.91 Å². The molecule has 1 amide bonds. The van der Waals surface area contributed by atoms with Crippen molar-refractivity contribution in [2.45, 2.75) is 19.8 Å². The highest BCUT2D eigenvalue weighted by molar-refractivity contribution is 5.95. The third kappa shape index (κ3) is 5.87. The van der Waals surface area contributed by atoms with E-state index in [1.807, 2.05) is 38.1 Å². The van der Waals surface area contributed by atoms with Crippen molar-refractivity contribution < 1.29 is 23.8 Å². The summed E-state index contributed by atoms with van der Waals surface area (Å²) in [5, 5.41) is 2.78. The molecule has 0 saturated carbocycles. The van der Waals surface area contributed by atoms with Gasteiger partial charge in [-0.3, -0.25) is 4.79 Å². The average Bonchev–Trinajstić information content (AvgIpc) is 2.70. The van der Waals surface area contributed by atoms with Crippen LogP contribution in [-0.2, 0) is 14.3 Å². The van der Waals surface area contributed by atoms with Crippen LogP contribution in [0.2, 0.25) is 0 Å². The molecule has 0 spiro atoms. The predicted octanol–water partition coefficient (Wildman–Crippen LogP) is 4.02. The number of para-hydroxylation sites is 1. The van der Waals surface area contributed by atoms with Gasteiger partial charge in [0.2, 0.25) is 0 Å². The normalized spacial score (nSPS) is 10.8. The largest absolute Gasteiger partial charge is 0.493 e. The topological polar surface area (TPSA) is 73.9 Å². The quantitative estimate of drug-likeness (QED) is 0.550. The molecule has 0 aliphatic rings. The maximum Gasteiger partial charge on any atom is 0.331 e. The first kappa shape index (κ1) is 21.0. The molecule has 28 heavy (non-hydrogen) atoms. The molecule has 2 aromatic carbocycles. The van der Waals surface area contributed by atoms with Crippen molar-refractivity contribution in [2.75, 3.05) is 26.1 Å². The second kappa shape index (κ2) is 10.2. The van der Waals surface area contributed by atoms with E-state index < -0.39 is 5.97 Å². The number of hydrogen-bond acceptors (Lipinski definition) is 5. The molecule has 1 N–H and O–H groups in total. The summed E-state index contributed by atoms with van der Waals surface area (Å²) >= 11 is 0. The Morgan fingerprint density at radius 1 is 1.04 bits per heavy atom. The van der Waals surface area contributed by atoms with E-state index in [-0.39, 0.29) is 18.4 Å². The van der Waals surface area contributed by atoms with Crippen LogP contribution in [-0.4, -0.2) is 32.7 Å². The Morgan fingerprint density at radius 3 is 2.43 bits per heavy atom. The summed E-state index contributed by atoms with van der Waals surface area (Å²) < 4.78 is 15.4. The fourth-order valence-corrected chi connectivity index (χ4v) is 2.61. The number of hydrogen-bond donors (Lipinski definition) is 1. The Bertz CT molecular complexity index is 858. The fraction of sp³-hybridized carbons (Fsp3) is 0.273. The minimum atomic E-state index is -0.609. The number of anilines is 1. The molecule has 148 valence electrons. The van der Waals surface area contributed by atoms with E-state index in [1.165, 1.54) is 13.2 Å². The minimum absolute atomic E-state index is 0.267. The van der Waals surface area contributed by atoms with Crippen molar-refractivity contribution in [2.24, 2.45) is 0 Å². The first-order valence-corrected chi connectivity index (χ1v) is 8.90. The number of methoxy groups -OCH3 is 2. The van der Waals surface area contributed by atoms with Crippen molar-refractivity contribution in [1.82, 2.24) is 0 Å². The molecular formula is C22H25NO5. The fourth-order valence-electron chi connectivity index (χ4n) is 2.61. The van der Waals surface area contributed by atoms with Crippen LogP contribution in [0.3, 0.4) is 0 Å². The molecule has 6 nitrogen and oxygen atoms in total. The van der Waals surface area contributed by atoms with Gasteiger partial charge in [0, 0.05) is 11.8 Å². The lowest BCUT2D eigenvalue weighted by molar-refractivity contribution is -0.142. The zero-order valence-electron chi connectivity index (χ0n) is 16.5. The van der Waals surface area contributed by atoms with Gasteiger partial charge in [-0.1, -0.05) is 38.1 Å². The van der Waals surface area contributed by atoms with E-state index in [0.29, 0.717) is 11.5 Å². The summed E-state index contributed by atoms with van der Waals surface area (Å²) in [6, 6.07) is 12.8. The molecule has 0 saturated heterocycles. The third-order valence-electron chi connectivity index (χ3n) is 4.02. The second-order valence-electron chi connectivity index (χ2n) is 6.35. The highest BCUT2D eigenvalue weighted by Gasteiger charge is 2.10. The van der Waals surface area contributed by atoms with Gasteiger partial charge in [-0.05, 0) is 41.3 Å². The number of rotatable bonds is 8. The van der Waals surface area contributed by atoms with Gasteiger partial charge in [0.1, 0.15) is 0 Å². The minimum Gasteiger partial charge on any atom is -0.493 e. The number of benzene rings is 2. The van der Waals surface area contributed by atoms with Crippen molar-refractivity contribution in [3.63, 3.8) is 0 Å². The van der Waals surface area contributed by atoms with Crippen LogP contribution in [0.15, 0.2) is 48.5 Å². The number of carbonyl (C=O) groups excluding carboxylic acids is 2. The maximum atomic E-state index is 12.1. The number of amides is 1. The Morgan fingerprint density at radius 2 is 1.75 bits per heavy atom. The summed E-state index contributed by atoms with van der Waals surface area (Å²) in [6.45, 7) is 3.73. The molecule has 0 bridgehead atoms. The van der Waals surface area contributed by atoms with E-state index in [0.717, 1.165) is 16.8 Å². The molecule has 0 atom stereocenters. The van der Waals surface area contributed by atoms with E-state index >= 15 is 0 Å². The summed E-state index contributed by atoms with van der Waals surface area (Å²) in [5.74, 6) is 0.424. The molecule has 0 radical (unpaired) electrons. The molecule has 2 aromatic rings. The standard InChI is InChI=1S/C22H25NO5/c1-15(2)17-7-5-6-8-18(17)23-21(24)14-28-22(25)12-10-16-9-11-19(26-3)20(13-16)27-4/h5-13,15H,14H2,1-4H3,(H,23,24). The summed E-state index contributed by atoms with van der Waals surface area (Å²) in [7, 11) is 3.09. The molecule has 0 unspecified atom stereocenters. The first-order valence-electron chi connectivity index (χ1n) is 8.90. The van der Waals surface area contributed by atoms with Gasteiger partial charge in [0.05, 0.1) is 14.2 Å². The van der Waals surface area contributed by atoms with E-state index in [2.05, 4.69) is 5.32 Å². The van der Waals surface area contributed by atoms with Gasteiger partial charge in [-0.2, -0.15) is 0 Å². The van der Waals surface area contributed by atoms with Gasteiger partial charge in [-0.25, -0.2) is 4.79 Å². The third-order valence-corrected chi connectivity index (χ3v) is 4.02. The highest BCUT2D eigenvalue weighted by Crippen LogP contribution is 2.28. The number of carbonyl (C=O) groups is 2. The van der Waals surface area contributed by atoms with Crippen molar-refractivity contribution >= 4 is 23.6 Å². The molecule has 6 heteroatoms. The lowest BCUT2D eigenvalue weighted by Crippen LogP contribution is -2.21. The van der Waals surface area contributed by atoms with E-state index in [1.54, 1.807) is 31.4 Å². The molecule has 0 aliphatic carbocycles. The SMILES string of the molecule is COc1ccc(C=CC(=O)OCC(=O)Nc2ccccc2C(C)C)cc1OC. The zero-order valence-corrected chi connectivity index (χ0v) is 16.5. The lowest BCUT2D eigenvalue weighted by atomic mass is 10.0. The molecular weight excluding hydrogens is 358 g/mol. The van der Waals surface area contributed by atoms with E-state index in [9.17, 15) is 9.59 Å². The average molecular weight is 383 g/mol. The maximum absolute atomic E-state index is 12.1. The molecule has 2 rings (SSSR count). The van der Waals surface area contributed by atoms with E-state index in [4.69, 9.17) is 14.2 Å². The Hall–Kier alpha value is -3.28. The van der Waals surface area contributed by atoms with Crippen LogP contribution in [0.1, 0.15) is 30.9 Å². The van der Waals surface area contributed by atoms with Gasteiger partial charge in [-0.15, -0.1) is 0 Å². The zero-order chi connectivity index (χ0) is 20.5. The van der Waals surface area contributed by atoms with Crippen LogP contribution >= 0.6 is 0 Å². The number of ether oxygens (including phenoxy) is 3. The van der Waals surface area contributed by atoms with Gasteiger partial charge >= 0.3 is 5.97 Å². The Labute approximate surface area is 165 Å². The van der Waals surface area contributed by atoms with Crippen molar-refractivity contribution in [1.29, 1.82) is 0 Å². The second-order valence-corrected chi connectivity index (χ2v) is 6.35. The highest BCUT2D eigenvalue weighted by atomic mass is 16.5. The predicted molar refractivity (Wildman–Crippen MR) is 109 cm³/mol. The monoisotopic (exact) mass is 383 g/mol. The van der Waals surface area contributed by atoms with Crippen LogP contribution in [0.25, 0.3) is 6.08 Å². The smallest absolute Gasteiger partial charge is 0.331 e. The van der Waals surface area contributed by atoms with Crippen molar-refractivity contribution in [3.05, 3.63) is 59.7 Å². The summed E-state index contributed by atoms with van der Waals surface area (Å²) in [4.78, 5) is 24.0. The molecule has 0 fully saturated rings. The van der Waals surface area contributed by atoms with Crippen LogP contribution in [0, 0.1) is 0 Å². The Kier molecular flexibility index (Phi) is 7.63. The molecule has 0 heterocycles. The Balaban J connectivity index is 1.90. The van der Waals surface area contributed by atoms with Crippen LogP contribution in [0.5, 0.6) is 11.5 Å². The van der Waals surface area contributed by atoms with Crippen molar-refractivity contribution in [3.8, 4) is 11.5 Å². The first-order chi connectivity index (χ1) is 13.4. The van der Waals surface area contributed by atoms with Crippen LogP contribution < -0.4 is 14.8 Å². The van der Waals surface area contributed by atoms with Gasteiger partial charge < -0.3 is 19.5 Å². The lowest BCUT2D eigenvalue weighted by Gasteiger charge is -2.13. The molecule has 0 aromatic heterocycles. The number of esters is 1. The van der Waals surface area contributed by atoms with Gasteiger partial charge in [0.15, 0.2) is 18.1 Å². The number of nitrogens with one attached hydrogen (secondary N) is 1. The summed E-state index contributed by atoms with van der Waals surface area (Å²) in [6.07, 6.45) is 2.84. The molecule has 0 aliphatic heterocycles. The van der Waals surface area contributed by atoms with Crippen LogP contribution in [0.4, 0.5) is 5.69 Å².